The first-order valence-corrected chi connectivity index (χ1v) is 7.09. The molecule has 5 heteroatoms. The van der Waals surface area contributed by atoms with Gasteiger partial charge in [0.05, 0.1) is 13.2 Å². The van der Waals surface area contributed by atoms with Crippen LogP contribution in [0.4, 0.5) is 0 Å². The van der Waals surface area contributed by atoms with Gasteiger partial charge in [-0.1, -0.05) is 19.8 Å². The maximum atomic E-state index is 11.8. The number of ether oxygens (including phenoxy) is 2. The van der Waals surface area contributed by atoms with Gasteiger partial charge >= 0.3 is 23.0 Å². The Morgan fingerprint density at radius 2 is 1.71 bits per heavy atom. The Kier molecular flexibility index (Phi) is 10.6. The van der Waals surface area contributed by atoms with Crippen molar-refractivity contribution in [2.45, 2.75) is 39.5 Å². The molecule has 1 aromatic carbocycles. The SMILES string of the molecule is CCCCCOc1ccc(C(=O)CC(=O)OCC)cc1.[Cu+2]. The van der Waals surface area contributed by atoms with Crippen LogP contribution in [0.5, 0.6) is 5.75 Å². The van der Waals surface area contributed by atoms with Gasteiger partial charge in [0.25, 0.3) is 0 Å². The first-order valence-electron chi connectivity index (χ1n) is 7.09. The fourth-order valence-electron chi connectivity index (χ4n) is 1.72. The molecule has 1 aromatic rings. The van der Waals surface area contributed by atoms with Crippen molar-refractivity contribution in [2.75, 3.05) is 13.2 Å². The molecule has 0 amide bonds. The average molecular weight is 342 g/mol. The minimum atomic E-state index is -0.489. The average Bonchev–Trinajstić information content (AvgIpc) is 2.44. The molecule has 0 N–H and O–H groups in total. The normalized spacial score (nSPS) is 9.62. The van der Waals surface area contributed by atoms with Crippen LogP contribution in [0.15, 0.2) is 24.3 Å². The molecular formula is C16H22CuO4+2. The van der Waals surface area contributed by atoms with Crippen LogP contribution in [0.1, 0.15) is 49.9 Å². The van der Waals surface area contributed by atoms with Crippen LogP contribution in [0.3, 0.4) is 0 Å². The number of unbranched alkanes of at least 4 members (excludes halogenated alkanes) is 2. The predicted molar refractivity (Wildman–Crippen MR) is 77.0 cm³/mol. The van der Waals surface area contributed by atoms with Crippen molar-refractivity contribution in [3.63, 3.8) is 0 Å². The van der Waals surface area contributed by atoms with E-state index >= 15 is 0 Å². The number of carbonyl (C=O) groups is 2. The van der Waals surface area contributed by atoms with Gasteiger partial charge in [0, 0.05) is 5.56 Å². The molecule has 0 heterocycles. The van der Waals surface area contributed by atoms with Crippen LogP contribution in [0.25, 0.3) is 0 Å². The van der Waals surface area contributed by atoms with Crippen LogP contribution < -0.4 is 4.74 Å². The van der Waals surface area contributed by atoms with Crippen molar-refractivity contribution in [1.82, 2.24) is 0 Å². The van der Waals surface area contributed by atoms with E-state index < -0.39 is 5.97 Å². The second kappa shape index (κ2) is 11.4. The fourth-order valence-corrected chi connectivity index (χ4v) is 1.72. The molecule has 1 rings (SSSR count). The molecule has 0 fully saturated rings. The number of Topliss-reactive ketones (excluding diaryl/α,β-unsaturated/α-hetero) is 1. The third kappa shape index (κ3) is 7.88. The minimum absolute atomic E-state index is 0. The van der Waals surface area contributed by atoms with E-state index in [4.69, 9.17) is 9.47 Å². The van der Waals surface area contributed by atoms with E-state index in [0.29, 0.717) is 12.2 Å². The van der Waals surface area contributed by atoms with Crippen molar-refractivity contribution in [1.29, 1.82) is 0 Å². The molecule has 0 unspecified atom stereocenters. The van der Waals surface area contributed by atoms with Gasteiger partial charge in [-0.2, -0.15) is 0 Å². The topological polar surface area (TPSA) is 52.6 Å². The van der Waals surface area contributed by atoms with Crippen molar-refractivity contribution in [2.24, 2.45) is 0 Å². The molecule has 0 aliphatic carbocycles. The molecule has 0 aromatic heterocycles. The maximum absolute atomic E-state index is 11.8. The second-order valence-electron chi connectivity index (χ2n) is 4.48. The van der Waals surface area contributed by atoms with Gasteiger partial charge < -0.3 is 9.47 Å². The zero-order valence-electron chi connectivity index (χ0n) is 12.5. The smallest absolute Gasteiger partial charge is 0.494 e. The van der Waals surface area contributed by atoms with Crippen molar-refractivity contribution < 1.29 is 36.1 Å². The zero-order valence-corrected chi connectivity index (χ0v) is 13.4. The Labute approximate surface area is 136 Å². The fraction of sp³-hybridized carbons (Fsp3) is 0.500. The molecule has 0 aliphatic rings. The number of rotatable bonds is 9. The summed E-state index contributed by atoms with van der Waals surface area (Å²) in [4.78, 5) is 23.0. The number of carbonyl (C=O) groups excluding carboxylic acids is 2. The summed E-state index contributed by atoms with van der Waals surface area (Å²) in [6.45, 7) is 4.83. The van der Waals surface area contributed by atoms with E-state index in [2.05, 4.69) is 6.92 Å². The molecule has 0 bridgehead atoms. The van der Waals surface area contributed by atoms with E-state index in [1.807, 2.05) is 0 Å². The Balaban J connectivity index is 0.00000400. The molecule has 0 spiro atoms. The van der Waals surface area contributed by atoms with Crippen LogP contribution in [-0.4, -0.2) is 25.0 Å². The zero-order chi connectivity index (χ0) is 14.8. The molecule has 1 radical (unpaired) electrons. The summed E-state index contributed by atoms with van der Waals surface area (Å²) in [5, 5.41) is 0. The number of hydrogen-bond donors (Lipinski definition) is 0. The standard InChI is InChI=1S/C16H22O4.Cu/c1-3-5-6-11-20-14-9-7-13(8-10-14)15(17)12-16(18)19-4-2;/h7-10H,3-6,11-12H2,1-2H3;/q;+2. The quantitative estimate of drug-likeness (QED) is 0.227. The van der Waals surface area contributed by atoms with Crippen molar-refractivity contribution in [3.05, 3.63) is 29.8 Å². The van der Waals surface area contributed by atoms with Crippen LogP contribution in [0.2, 0.25) is 0 Å². The van der Waals surface area contributed by atoms with Crippen molar-refractivity contribution >= 4 is 11.8 Å². The van der Waals surface area contributed by atoms with Gasteiger partial charge in [0.1, 0.15) is 12.2 Å². The summed E-state index contributed by atoms with van der Waals surface area (Å²) in [5.74, 6) is 0.0205. The van der Waals surface area contributed by atoms with E-state index in [1.165, 1.54) is 0 Å². The third-order valence-corrected chi connectivity index (χ3v) is 2.80. The molecule has 119 valence electrons. The molecule has 0 saturated heterocycles. The van der Waals surface area contributed by atoms with Gasteiger partial charge in [-0.15, -0.1) is 0 Å². The summed E-state index contributed by atoms with van der Waals surface area (Å²) in [6.07, 6.45) is 3.12. The molecular weight excluding hydrogens is 320 g/mol. The number of ketones is 1. The molecule has 21 heavy (non-hydrogen) atoms. The van der Waals surface area contributed by atoms with Gasteiger partial charge in [0.15, 0.2) is 5.78 Å². The first kappa shape index (κ1) is 19.7. The monoisotopic (exact) mass is 341 g/mol. The molecule has 0 saturated carbocycles. The summed E-state index contributed by atoms with van der Waals surface area (Å²) >= 11 is 0. The number of hydrogen-bond acceptors (Lipinski definition) is 4. The van der Waals surface area contributed by atoms with Crippen LogP contribution >= 0.6 is 0 Å². The largest absolute Gasteiger partial charge is 2.00 e. The van der Waals surface area contributed by atoms with Crippen molar-refractivity contribution in [3.8, 4) is 5.75 Å². The van der Waals surface area contributed by atoms with Gasteiger partial charge in [-0.3, -0.25) is 9.59 Å². The molecule has 0 atom stereocenters. The number of esters is 1. The Hall–Kier alpha value is -1.32. The number of benzene rings is 1. The Morgan fingerprint density at radius 3 is 2.29 bits per heavy atom. The molecule has 0 aliphatic heterocycles. The van der Waals surface area contributed by atoms with Gasteiger partial charge in [-0.05, 0) is 37.6 Å². The van der Waals surface area contributed by atoms with E-state index in [1.54, 1.807) is 31.2 Å². The second-order valence-corrected chi connectivity index (χ2v) is 4.48. The first-order chi connectivity index (χ1) is 9.67. The van der Waals surface area contributed by atoms with E-state index in [9.17, 15) is 9.59 Å². The van der Waals surface area contributed by atoms with E-state index in [0.717, 1.165) is 25.0 Å². The van der Waals surface area contributed by atoms with Gasteiger partial charge in [-0.25, -0.2) is 0 Å². The molecule has 4 nitrogen and oxygen atoms in total. The third-order valence-electron chi connectivity index (χ3n) is 2.80. The van der Waals surface area contributed by atoms with Gasteiger partial charge in [0.2, 0.25) is 0 Å². The summed E-state index contributed by atoms with van der Waals surface area (Å²) in [6, 6.07) is 6.86. The predicted octanol–water partition coefficient (Wildman–Crippen LogP) is 3.39. The summed E-state index contributed by atoms with van der Waals surface area (Å²) < 4.78 is 10.3. The van der Waals surface area contributed by atoms with Crippen LogP contribution in [0, 0.1) is 0 Å². The summed E-state index contributed by atoms with van der Waals surface area (Å²) in [7, 11) is 0. The summed E-state index contributed by atoms with van der Waals surface area (Å²) in [5.41, 5.74) is 0.499. The minimum Gasteiger partial charge on any atom is -0.494 e. The Bertz CT molecular complexity index is 428. The van der Waals surface area contributed by atoms with E-state index in [-0.39, 0.29) is 35.9 Å². The maximum Gasteiger partial charge on any atom is 2.00 e. The Morgan fingerprint density at radius 1 is 1.05 bits per heavy atom. The van der Waals surface area contributed by atoms with Crippen LogP contribution in [-0.2, 0) is 26.6 Å².